The second-order valence-electron chi connectivity index (χ2n) is 7.41. The Kier molecular flexibility index (Phi) is 5.64. The first-order valence-corrected chi connectivity index (χ1v) is 10.5. The number of halogens is 1. The number of aryl methyl sites for hydroxylation is 1. The molecule has 1 N–H and O–H groups in total. The lowest BCUT2D eigenvalue weighted by Crippen LogP contribution is -2.47. The maximum absolute atomic E-state index is 12.8. The third-order valence-electron chi connectivity index (χ3n) is 5.57. The minimum absolute atomic E-state index is 0.0385. The molecule has 3 aromatic rings. The summed E-state index contributed by atoms with van der Waals surface area (Å²) in [6, 6.07) is 12.8. The molecule has 0 radical (unpaired) electrons. The molecule has 1 saturated heterocycles. The van der Waals surface area contributed by atoms with Crippen LogP contribution in [0.5, 0.6) is 5.75 Å². The van der Waals surface area contributed by atoms with Crippen LogP contribution in [0.25, 0.3) is 11.0 Å². The second kappa shape index (κ2) is 8.38. The van der Waals surface area contributed by atoms with E-state index >= 15 is 0 Å². The number of rotatable bonds is 3. The van der Waals surface area contributed by atoms with E-state index in [4.69, 9.17) is 0 Å². The maximum atomic E-state index is 12.8. The Morgan fingerprint density at radius 1 is 1.13 bits per heavy atom. The maximum Gasteiger partial charge on any atom is 0.270 e. The van der Waals surface area contributed by atoms with Crippen LogP contribution in [0.1, 0.15) is 16.8 Å². The Labute approximate surface area is 187 Å². The predicted octanol–water partition coefficient (Wildman–Crippen LogP) is 2.47. The van der Waals surface area contributed by atoms with Crippen molar-refractivity contribution in [1.82, 2.24) is 14.5 Å². The summed E-state index contributed by atoms with van der Waals surface area (Å²) in [6.45, 7) is 3.16. The van der Waals surface area contributed by atoms with E-state index in [2.05, 4.69) is 25.8 Å². The fraction of sp³-hybridized carbons (Fsp3) is 0.273. The molecule has 8 nitrogen and oxygen atoms in total. The largest absolute Gasteiger partial charge is 0.508 e. The first kappa shape index (κ1) is 20.9. The SMILES string of the molecule is Cn1c(=O)c(C#N)c(N2CCN(Cc3ccc(Br)cc3O)CC2)c2nc(C#N)ccc21. The molecule has 0 amide bonds. The zero-order valence-corrected chi connectivity index (χ0v) is 18.4. The van der Waals surface area contributed by atoms with Crippen molar-refractivity contribution in [3.8, 4) is 17.9 Å². The zero-order valence-electron chi connectivity index (χ0n) is 16.8. The van der Waals surface area contributed by atoms with E-state index in [0.29, 0.717) is 49.4 Å². The Hall–Kier alpha value is -3.40. The smallest absolute Gasteiger partial charge is 0.270 e. The van der Waals surface area contributed by atoms with Crippen molar-refractivity contribution in [2.75, 3.05) is 31.1 Å². The van der Waals surface area contributed by atoms with E-state index in [1.807, 2.05) is 29.2 Å². The van der Waals surface area contributed by atoms with Gasteiger partial charge in [-0.05, 0) is 24.3 Å². The monoisotopic (exact) mass is 478 g/mol. The Bertz CT molecular complexity index is 1310. The summed E-state index contributed by atoms with van der Waals surface area (Å²) in [6.07, 6.45) is 0. The van der Waals surface area contributed by atoms with Crippen LogP contribution in [0, 0.1) is 22.7 Å². The number of nitriles is 2. The minimum Gasteiger partial charge on any atom is -0.508 e. The summed E-state index contributed by atoms with van der Waals surface area (Å²) in [7, 11) is 1.60. The van der Waals surface area contributed by atoms with Crippen molar-refractivity contribution in [1.29, 1.82) is 10.5 Å². The van der Waals surface area contributed by atoms with Crippen LogP contribution in [-0.4, -0.2) is 45.7 Å². The van der Waals surface area contributed by atoms with Crippen LogP contribution in [0.4, 0.5) is 5.69 Å². The molecule has 1 aliphatic heterocycles. The van der Waals surface area contributed by atoms with Gasteiger partial charge in [-0.3, -0.25) is 9.69 Å². The Morgan fingerprint density at radius 3 is 2.52 bits per heavy atom. The van der Waals surface area contributed by atoms with Crippen molar-refractivity contribution in [2.45, 2.75) is 6.54 Å². The summed E-state index contributed by atoms with van der Waals surface area (Å²) < 4.78 is 2.22. The van der Waals surface area contributed by atoms with Crippen molar-refractivity contribution < 1.29 is 5.11 Å². The molecule has 0 unspecified atom stereocenters. The van der Waals surface area contributed by atoms with Gasteiger partial charge in [0, 0.05) is 49.8 Å². The third kappa shape index (κ3) is 3.86. The number of benzene rings is 1. The highest BCUT2D eigenvalue weighted by Crippen LogP contribution is 2.29. The summed E-state index contributed by atoms with van der Waals surface area (Å²) in [4.78, 5) is 21.4. The molecule has 0 bridgehead atoms. The van der Waals surface area contributed by atoms with Crippen LogP contribution in [-0.2, 0) is 13.6 Å². The van der Waals surface area contributed by atoms with Gasteiger partial charge in [0.1, 0.15) is 34.7 Å². The molecule has 1 aliphatic rings. The summed E-state index contributed by atoms with van der Waals surface area (Å²) in [5, 5.41) is 29.2. The molecule has 156 valence electrons. The van der Waals surface area contributed by atoms with Gasteiger partial charge in [-0.1, -0.05) is 22.0 Å². The lowest BCUT2D eigenvalue weighted by molar-refractivity contribution is 0.247. The molecule has 1 aromatic carbocycles. The number of aromatic nitrogens is 2. The van der Waals surface area contributed by atoms with Gasteiger partial charge in [-0.2, -0.15) is 10.5 Å². The average molecular weight is 479 g/mol. The molecule has 1 fully saturated rings. The van der Waals surface area contributed by atoms with Crippen LogP contribution in [0.2, 0.25) is 0 Å². The first-order chi connectivity index (χ1) is 14.9. The molecule has 3 heterocycles. The molecule has 2 aromatic heterocycles. The molecular formula is C22H19BrN6O2. The van der Waals surface area contributed by atoms with E-state index < -0.39 is 0 Å². The fourth-order valence-corrected chi connectivity index (χ4v) is 4.25. The quantitative estimate of drug-likeness (QED) is 0.615. The van der Waals surface area contributed by atoms with E-state index in [1.54, 1.807) is 25.2 Å². The van der Waals surface area contributed by atoms with Crippen LogP contribution in [0.3, 0.4) is 0 Å². The van der Waals surface area contributed by atoms with Crippen molar-refractivity contribution in [3.05, 3.63) is 62.0 Å². The minimum atomic E-state index is -0.376. The van der Waals surface area contributed by atoms with Gasteiger partial charge in [0.15, 0.2) is 0 Å². The normalized spacial score (nSPS) is 14.4. The summed E-state index contributed by atoms with van der Waals surface area (Å²) in [5.41, 5.74) is 2.30. The number of hydrogen-bond donors (Lipinski definition) is 1. The topological polar surface area (TPSA) is 109 Å². The predicted molar refractivity (Wildman–Crippen MR) is 120 cm³/mol. The van der Waals surface area contributed by atoms with Gasteiger partial charge in [0.25, 0.3) is 5.56 Å². The number of nitrogens with zero attached hydrogens (tertiary/aromatic N) is 6. The van der Waals surface area contributed by atoms with Crippen molar-refractivity contribution >= 4 is 32.7 Å². The highest BCUT2D eigenvalue weighted by Gasteiger charge is 2.25. The number of piperazine rings is 1. The summed E-state index contributed by atoms with van der Waals surface area (Å²) in [5.74, 6) is 0.245. The Morgan fingerprint density at radius 2 is 1.87 bits per heavy atom. The average Bonchev–Trinajstić information content (AvgIpc) is 2.78. The molecule has 31 heavy (non-hydrogen) atoms. The lowest BCUT2D eigenvalue weighted by atomic mass is 10.1. The van der Waals surface area contributed by atoms with E-state index in [-0.39, 0.29) is 22.6 Å². The van der Waals surface area contributed by atoms with Gasteiger partial charge in [0.05, 0.1) is 11.2 Å². The number of anilines is 1. The third-order valence-corrected chi connectivity index (χ3v) is 6.06. The number of aromatic hydroxyl groups is 1. The van der Waals surface area contributed by atoms with Crippen LogP contribution >= 0.6 is 15.9 Å². The van der Waals surface area contributed by atoms with Gasteiger partial charge < -0.3 is 14.6 Å². The van der Waals surface area contributed by atoms with E-state index in [9.17, 15) is 20.4 Å². The molecule has 9 heteroatoms. The highest BCUT2D eigenvalue weighted by molar-refractivity contribution is 9.10. The number of fused-ring (bicyclic) bond motifs is 1. The van der Waals surface area contributed by atoms with E-state index in [1.165, 1.54) is 4.57 Å². The van der Waals surface area contributed by atoms with Crippen LogP contribution in [0.15, 0.2) is 39.6 Å². The number of pyridine rings is 2. The van der Waals surface area contributed by atoms with Crippen molar-refractivity contribution in [3.63, 3.8) is 0 Å². The Balaban J connectivity index is 1.66. The molecule has 4 rings (SSSR count). The molecule has 0 atom stereocenters. The molecule has 0 saturated carbocycles. The van der Waals surface area contributed by atoms with Gasteiger partial charge in [0.2, 0.25) is 0 Å². The van der Waals surface area contributed by atoms with E-state index in [0.717, 1.165) is 10.0 Å². The molecular weight excluding hydrogens is 460 g/mol. The first-order valence-electron chi connectivity index (χ1n) is 9.71. The molecule has 0 spiro atoms. The fourth-order valence-electron chi connectivity index (χ4n) is 3.91. The standard InChI is InChI=1S/C22H19BrN6O2/c1-27-18-5-4-16(11-24)26-20(18)21(17(12-25)22(27)31)29-8-6-28(7-9-29)13-14-2-3-15(23)10-19(14)30/h2-5,10,30H,6-9,13H2,1H3. The number of hydrogen-bond acceptors (Lipinski definition) is 7. The van der Waals surface area contributed by atoms with Gasteiger partial charge in [-0.15, -0.1) is 0 Å². The second-order valence-corrected chi connectivity index (χ2v) is 8.33. The highest BCUT2D eigenvalue weighted by atomic mass is 79.9. The summed E-state index contributed by atoms with van der Waals surface area (Å²) >= 11 is 3.35. The zero-order chi connectivity index (χ0) is 22.1. The number of phenolic OH excluding ortho intramolecular Hbond substituents is 1. The van der Waals surface area contributed by atoms with Gasteiger partial charge in [-0.25, -0.2) is 4.98 Å². The lowest BCUT2D eigenvalue weighted by Gasteiger charge is -2.36. The van der Waals surface area contributed by atoms with Crippen molar-refractivity contribution in [2.24, 2.45) is 7.05 Å². The van der Waals surface area contributed by atoms with Crippen LogP contribution < -0.4 is 10.5 Å². The van der Waals surface area contributed by atoms with Gasteiger partial charge >= 0.3 is 0 Å². The molecule has 0 aliphatic carbocycles. The number of phenols is 1.